The molecule has 24 heavy (non-hydrogen) atoms. The lowest BCUT2D eigenvalue weighted by atomic mass is 10.1. The Kier molecular flexibility index (Phi) is 5.59. The van der Waals surface area contributed by atoms with Crippen LogP contribution in [0.5, 0.6) is 0 Å². The van der Waals surface area contributed by atoms with Crippen LogP contribution in [0.25, 0.3) is 0 Å². The summed E-state index contributed by atoms with van der Waals surface area (Å²) in [6.07, 6.45) is 5.50. The van der Waals surface area contributed by atoms with Gasteiger partial charge in [0, 0.05) is 31.1 Å². The molecule has 0 saturated carbocycles. The van der Waals surface area contributed by atoms with Gasteiger partial charge in [-0.25, -0.2) is 4.72 Å². The number of carbonyl (C=O) groups excluding carboxylic acids is 1. The number of amides is 1. The fourth-order valence-corrected chi connectivity index (χ4v) is 5.63. The molecule has 134 valence electrons. The lowest BCUT2D eigenvalue weighted by Crippen LogP contribution is -2.52. The molecule has 0 bridgehead atoms. The number of rotatable bonds is 4. The standard InChI is InChI=1S/C16H25N3O3S2/c1-2-18-8-10-19(11-9-18)24(21,22)17-16(20)15-12-13-6-4-3-5-7-14(13)23-15/h12H,2-11H2,1H3,(H,17,20). The third-order valence-corrected chi connectivity index (χ3v) is 7.53. The largest absolute Gasteiger partial charge is 0.304 e. The molecule has 0 spiro atoms. The second-order valence-electron chi connectivity index (χ2n) is 6.39. The first-order valence-electron chi connectivity index (χ1n) is 8.66. The Morgan fingerprint density at radius 2 is 1.88 bits per heavy atom. The highest BCUT2D eigenvalue weighted by molar-refractivity contribution is 7.87. The highest BCUT2D eigenvalue weighted by atomic mass is 32.2. The van der Waals surface area contributed by atoms with Crippen LogP contribution in [0.1, 0.15) is 46.3 Å². The van der Waals surface area contributed by atoms with Gasteiger partial charge in [-0.2, -0.15) is 12.7 Å². The molecular weight excluding hydrogens is 346 g/mol. The molecular formula is C16H25N3O3S2. The van der Waals surface area contributed by atoms with Crippen LogP contribution in [0.3, 0.4) is 0 Å². The van der Waals surface area contributed by atoms with Crippen LogP contribution in [0, 0.1) is 0 Å². The molecule has 8 heteroatoms. The van der Waals surface area contributed by atoms with E-state index in [9.17, 15) is 13.2 Å². The van der Waals surface area contributed by atoms with Crippen LogP contribution in [0.2, 0.25) is 0 Å². The summed E-state index contributed by atoms with van der Waals surface area (Å²) >= 11 is 1.44. The number of aryl methyl sites for hydroxylation is 2. The Bertz CT molecular complexity index is 668. The molecule has 1 fully saturated rings. The molecule has 1 amide bonds. The first-order valence-corrected chi connectivity index (χ1v) is 10.9. The van der Waals surface area contributed by atoms with Crippen molar-refractivity contribution in [1.29, 1.82) is 0 Å². The van der Waals surface area contributed by atoms with Crippen LogP contribution in [-0.2, 0) is 23.1 Å². The van der Waals surface area contributed by atoms with Crippen molar-refractivity contribution >= 4 is 27.5 Å². The molecule has 6 nitrogen and oxygen atoms in total. The fraction of sp³-hybridized carbons (Fsp3) is 0.688. The third-order valence-electron chi connectivity index (χ3n) is 4.81. The van der Waals surface area contributed by atoms with Gasteiger partial charge < -0.3 is 4.90 Å². The van der Waals surface area contributed by atoms with E-state index in [0.29, 0.717) is 31.1 Å². The first kappa shape index (κ1) is 17.8. The van der Waals surface area contributed by atoms with Gasteiger partial charge in [0.2, 0.25) is 0 Å². The van der Waals surface area contributed by atoms with Gasteiger partial charge in [-0.05, 0) is 43.9 Å². The zero-order valence-corrected chi connectivity index (χ0v) is 15.7. The Morgan fingerprint density at radius 3 is 2.58 bits per heavy atom. The maximum absolute atomic E-state index is 12.4. The van der Waals surface area contributed by atoms with Gasteiger partial charge in [-0.15, -0.1) is 11.3 Å². The van der Waals surface area contributed by atoms with Crippen LogP contribution in [0.4, 0.5) is 0 Å². The number of piperazine rings is 1. The Hall–Kier alpha value is -0.960. The smallest absolute Gasteiger partial charge is 0.301 e. The molecule has 0 radical (unpaired) electrons. The lowest BCUT2D eigenvalue weighted by molar-refractivity contribution is 0.0981. The predicted octanol–water partition coefficient (Wildman–Crippen LogP) is 1.63. The monoisotopic (exact) mass is 371 g/mol. The summed E-state index contributed by atoms with van der Waals surface area (Å²) in [5, 5.41) is 0. The SMILES string of the molecule is CCN1CCN(S(=O)(=O)NC(=O)c2cc3c(s2)CCCCC3)CC1. The van der Waals surface area contributed by atoms with Crippen LogP contribution < -0.4 is 4.72 Å². The van der Waals surface area contributed by atoms with Gasteiger partial charge in [0.15, 0.2) is 0 Å². The van der Waals surface area contributed by atoms with E-state index in [2.05, 4.69) is 16.5 Å². The van der Waals surface area contributed by atoms with E-state index in [1.165, 1.54) is 32.5 Å². The van der Waals surface area contributed by atoms with Crippen molar-refractivity contribution in [2.24, 2.45) is 0 Å². The van der Waals surface area contributed by atoms with E-state index in [0.717, 1.165) is 32.2 Å². The second kappa shape index (κ2) is 7.51. The van der Waals surface area contributed by atoms with Gasteiger partial charge in [0.1, 0.15) is 0 Å². The average molecular weight is 372 g/mol. The number of nitrogens with zero attached hydrogens (tertiary/aromatic N) is 2. The molecule has 1 N–H and O–H groups in total. The minimum absolute atomic E-state index is 0.428. The Morgan fingerprint density at radius 1 is 1.17 bits per heavy atom. The minimum atomic E-state index is -3.76. The van der Waals surface area contributed by atoms with E-state index in [-0.39, 0.29) is 0 Å². The van der Waals surface area contributed by atoms with E-state index < -0.39 is 16.1 Å². The van der Waals surface area contributed by atoms with Gasteiger partial charge >= 0.3 is 10.2 Å². The number of carbonyl (C=O) groups is 1. The lowest BCUT2D eigenvalue weighted by Gasteiger charge is -2.32. The van der Waals surface area contributed by atoms with E-state index >= 15 is 0 Å². The van der Waals surface area contributed by atoms with Gasteiger partial charge in [-0.3, -0.25) is 4.79 Å². The molecule has 1 aliphatic heterocycles. The topological polar surface area (TPSA) is 69.7 Å². The zero-order valence-electron chi connectivity index (χ0n) is 14.1. The van der Waals surface area contributed by atoms with Crippen LogP contribution >= 0.6 is 11.3 Å². The fourth-order valence-electron chi connectivity index (χ4n) is 3.30. The summed E-state index contributed by atoms with van der Waals surface area (Å²) in [7, 11) is -3.76. The third kappa shape index (κ3) is 3.99. The van der Waals surface area contributed by atoms with Crippen molar-refractivity contribution in [3.63, 3.8) is 0 Å². The summed E-state index contributed by atoms with van der Waals surface area (Å²) in [6.45, 7) is 5.25. The maximum atomic E-state index is 12.4. The minimum Gasteiger partial charge on any atom is -0.301 e. The van der Waals surface area contributed by atoms with Gasteiger partial charge in [-0.1, -0.05) is 13.3 Å². The molecule has 1 aromatic rings. The predicted molar refractivity (Wildman–Crippen MR) is 95.7 cm³/mol. The Balaban J connectivity index is 1.66. The normalized spacial score (nSPS) is 20.4. The number of hydrogen-bond donors (Lipinski definition) is 1. The maximum Gasteiger partial charge on any atom is 0.304 e. The zero-order chi connectivity index (χ0) is 17.2. The summed E-state index contributed by atoms with van der Waals surface area (Å²) in [5.41, 5.74) is 1.22. The molecule has 2 heterocycles. The van der Waals surface area contributed by atoms with E-state index in [1.807, 2.05) is 6.07 Å². The highest BCUT2D eigenvalue weighted by Crippen LogP contribution is 2.29. The van der Waals surface area contributed by atoms with Gasteiger partial charge in [0.25, 0.3) is 5.91 Å². The van der Waals surface area contributed by atoms with E-state index in [1.54, 1.807) is 0 Å². The van der Waals surface area contributed by atoms with Crippen molar-refractivity contribution in [2.45, 2.75) is 39.0 Å². The van der Waals surface area contributed by atoms with Gasteiger partial charge in [0.05, 0.1) is 4.88 Å². The van der Waals surface area contributed by atoms with E-state index in [4.69, 9.17) is 0 Å². The summed E-state index contributed by atoms with van der Waals surface area (Å²) in [4.78, 5) is 16.4. The summed E-state index contributed by atoms with van der Waals surface area (Å²) in [6, 6.07) is 1.88. The molecule has 2 aliphatic rings. The first-order chi connectivity index (χ1) is 11.5. The number of nitrogens with one attached hydrogen (secondary N) is 1. The Labute approximate surface area is 148 Å². The molecule has 3 rings (SSSR count). The number of thiophene rings is 1. The summed E-state index contributed by atoms with van der Waals surface area (Å²) in [5.74, 6) is -0.494. The molecule has 1 aromatic heterocycles. The molecule has 0 atom stereocenters. The van der Waals surface area contributed by atoms with Crippen molar-refractivity contribution < 1.29 is 13.2 Å². The van der Waals surface area contributed by atoms with Crippen LogP contribution in [0.15, 0.2) is 6.07 Å². The second-order valence-corrected chi connectivity index (χ2v) is 9.20. The molecule has 0 aromatic carbocycles. The van der Waals surface area contributed by atoms with Crippen molar-refractivity contribution in [2.75, 3.05) is 32.7 Å². The van der Waals surface area contributed by atoms with Crippen molar-refractivity contribution in [3.05, 3.63) is 21.4 Å². The number of likely N-dealkylation sites (N-methyl/N-ethyl adjacent to an activating group) is 1. The molecule has 0 unspecified atom stereocenters. The number of hydrogen-bond acceptors (Lipinski definition) is 5. The quantitative estimate of drug-likeness (QED) is 0.817. The summed E-state index contributed by atoms with van der Waals surface area (Å²) < 4.78 is 28.5. The van der Waals surface area contributed by atoms with Crippen molar-refractivity contribution in [1.82, 2.24) is 13.9 Å². The molecule has 1 aliphatic carbocycles. The van der Waals surface area contributed by atoms with Crippen molar-refractivity contribution in [3.8, 4) is 0 Å². The van der Waals surface area contributed by atoms with Crippen LogP contribution in [-0.4, -0.2) is 56.3 Å². The number of fused-ring (bicyclic) bond motifs is 1. The highest BCUT2D eigenvalue weighted by Gasteiger charge is 2.29. The average Bonchev–Trinajstić information content (AvgIpc) is 2.86. The molecule has 1 saturated heterocycles.